The molecule has 118 valence electrons. The van der Waals surface area contributed by atoms with Crippen molar-refractivity contribution in [3.63, 3.8) is 0 Å². The molecule has 1 atom stereocenters. The van der Waals surface area contributed by atoms with Gasteiger partial charge in [0.2, 0.25) is 0 Å². The average molecular weight is 332 g/mol. The van der Waals surface area contributed by atoms with Gasteiger partial charge in [-0.05, 0) is 39.5 Å². The van der Waals surface area contributed by atoms with Crippen molar-refractivity contribution in [1.29, 1.82) is 0 Å². The minimum atomic E-state index is -3.56. The highest BCUT2D eigenvalue weighted by Gasteiger charge is 2.42. The monoisotopic (exact) mass is 332 g/mol. The number of hydrogen-bond acceptors (Lipinski definition) is 5. The fourth-order valence-corrected chi connectivity index (χ4v) is 5.30. The Bertz CT molecular complexity index is 636. The highest BCUT2D eigenvalue weighted by atomic mass is 32.2. The molecule has 2 heterocycles. The SMILES string of the molecule is Cc1ncc(S(=O)(=O)N2CCCC(C(C)(C)C(=O)O)C2)s1. The zero-order valence-electron chi connectivity index (χ0n) is 12.4. The van der Waals surface area contributed by atoms with Crippen LogP contribution in [0, 0.1) is 18.3 Å². The van der Waals surface area contributed by atoms with E-state index >= 15 is 0 Å². The van der Waals surface area contributed by atoms with Gasteiger partial charge in [0, 0.05) is 13.1 Å². The number of aryl methyl sites for hydroxylation is 1. The van der Waals surface area contributed by atoms with Crippen LogP contribution in [0.4, 0.5) is 0 Å². The van der Waals surface area contributed by atoms with E-state index in [1.807, 2.05) is 0 Å². The average Bonchev–Trinajstić information content (AvgIpc) is 2.86. The smallest absolute Gasteiger partial charge is 0.309 e. The summed E-state index contributed by atoms with van der Waals surface area (Å²) in [6.45, 7) is 5.76. The van der Waals surface area contributed by atoms with E-state index in [9.17, 15) is 18.3 Å². The second-order valence-electron chi connectivity index (χ2n) is 5.93. The minimum absolute atomic E-state index is 0.187. The predicted molar refractivity (Wildman–Crippen MR) is 79.8 cm³/mol. The fourth-order valence-electron chi connectivity index (χ4n) is 2.51. The summed E-state index contributed by atoms with van der Waals surface area (Å²) in [5.41, 5.74) is -0.933. The van der Waals surface area contributed by atoms with Gasteiger partial charge in [0.1, 0.15) is 0 Å². The minimum Gasteiger partial charge on any atom is -0.481 e. The summed E-state index contributed by atoms with van der Waals surface area (Å²) in [4.78, 5) is 15.4. The number of nitrogens with zero attached hydrogens (tertiary/aromatic N) is 2. The molecule has 1 aliphatic rings. The van der Waals surface area contributed by atoms with Gasteiger partial charge >= 0.3 is 5.97 Å². The Balaban J connectivity index is 2.24. The Morgan fingerprint density at radius 2 is 2.19 bits per heavy atom. The van der Waals surface area contributed by atoms with E-state index in [2.05, 4.69) is 4.98 Å². The summed E-state index contributed by atoms with van der Waals surface area (Å²) in [5, 5.41) is 10.0. The Kier molecular flexibility index (Phi) is 4.41. The molecule has 21 heavy (non-hydrogen) atoms. The number of carboxylic acids is 1. The van der Waals surface area contributed by atoms with Crippen LogP contribution >= 0.6 is 11.3 Å². The number of rotatable bonds is 4. The number of hydrogen-bond donors (Lipinski definition) is 1. The fraction of sp³-hybridized carbons (Fsp3) is 0.692. The topological polar surface area (TPSA) is 87.6 Å². The van der Waals surface area contributed by atoms with Crippen LogP contribution < -0.4 is 0 Å². The van der Waals surface area contributed by atoms with Crippen molar-refractivity contribution in [2.24, 2.45) is 11.3 Å². The van der Waals surface area contributed by atoms with Crippen LogP contribution in [0.25, 0.3) is 0 Å². The van der Waals surface area contributed by atoms with Crippen LogP contribution in [-0.2, 0) is 14.8 Å². The van der Waals surface area contributed by atoms with Gasteiger partial charge in [-0.15, -0.1) is 11.3 Å². The molecule has 1 unspecified atom stereocenters. The van der Waals surface area contributed by atoms with Crippen molar-refractivity contribution in [2.75, 3.05) is 13.1 Å². The van der Waals surface area contributed by atoms with Crippen molar-refractivity contribution in [3.8, 4) is 0 Å². The molecule has 1 N–H and O–H groups in total. The molecule has 0 aliphatic carbocycles. The molecule has 0 amide bonds. The quantitative estimate of drug-likeness (QED) is 0.910. The number of aliphatic carboxylic acids is 1. The first-order valence-corrected chi connectivity index (χ1v) is 9.07. The van der Waals surface area contributed by atoms with Crippen LogP contribution in [0.15, 0.2) is 10.4 Å². The van der Waals surface area contributed by atoms with E-state index in [0.717, 1.165) is 17.8 Å². The summed E-state index contributed by atoms with van der Waals surface area (Å²) in [5.74, 6) is -1.08. The van der Waals surface area contributed by atoms with E-state index in [0.29, 0.717) is 18.0 Å². The van der Waals surface area contributed by atoms with Crippen molar-refractivity contribution < 1.29 is 18.3 Å². The van der Waals surface area contributed by atoms with Crippen molar-refractivity contribution in [1.82, 2.24) is 9.29 Å². The molecule has 1 fully saturated rings. The van der Waals surface area contributed by atoms with Gasteiger partial charge < -0.3 is 5.11 Å². The molecule has 0 spiro atoms. The maximum Gasteiger partial charge on any atom is 0.309 e. The van der Waals surface area contributed by atoms with E-state index in [4.69, 9.17) is 0 Å². The van der Waals surface area contributed by atoms with Gasteiger partial charge in [-0.2, -0.15) is 4.31 Å². The predicted octanol–water partition coefficient (Wildman–Crippen LogP) is 1.96. The first-order chi connectivity index (χ1) is 9.65. The van der Waals surface area contributed by atoms with Crippen molar-refractivity contribution in [2.45, 2.75) is 37.8 Å². The lowest BCUT2D eigenvalue weighted by atomic mass is 9.75. The van der Waals surface area contributed by atoms with Crippen LogP contribution in [-0.4, -0.2) is 41.9 Å². The maximum atomic E-state index is 12.6. The second kappa shape index (κ2) is 5.66. The standard InChI is InChI=1S/C13H20N2O4S2/c1-9-14-7-11(20-9)21(18,19)15-6-4-5-10(8-15)13(2,3)12(16)17/h7,10H,4-6,8H2,1-3H3,(H,16,17). The largest absolute Gasteiger partial charge is 0.481 e. The van der Waals surface area contributed by atoms with Crippen LogP contribution in [0.2, 0.25) is 0 Å². The van der Waals surface area contributed by atoms with Gasteiger partial charge in [-0.3, -0.25) is 4.79 Å². The molecular weight excluding hydrogens is 312 g/mol. The molecular formula is C13H20N2O4S2. The number of piperidine rings is 1. The van der Waals surface area contributed by atoms with Crippen LogP contribution in [0.3, 0.4) is 0 Å². The van der Waals surface area contributed by atoms with Gasteiger partial charge in [-0.1, -0.05) is 0 Å². The van der Waals surface area contributed by atoms with E-state index in [1.165, 1.54) is 10.5 Å². The second-order valence-corrected chi connectivity index (χ2v) is 9.33. The van der Waals surface area contributed by atoms with Crippen LogP contribution in [0.1, 0.15) is 31.7 Å². The molecule has 0 bridgehead atoms. The first kappa shape index (κ1) is 16.4. The molecule has 1 saturated heterocycles. The Labute approximate surface area is 128 Å². The third-order valence-corrected chi connectivity index (χ3v) is 7.36. The molecule has 0 radical (unpaired) electrons. The van der Waals surface area contributed by atoms with Crippen molar-refractivity contribution in [3.05, 3.63) is 11.2 Å². The van der Waals surface area contributed by atoms with E-state index in [-0.39, 0.29) is 16.7 Å². The Morgan fingerprint density at radius 1 is 1.52 bits per heavy atom. The first-order valence-electron chi connectivity index (χ1n) is 6.81. The molecule has 0 aromatic carbocycles. The number of carboxylic acid groups (broad SMARTS) is 1. The normalized spacial score (nSPS) is 21.4. The third-order valence-electron chi connectivity index (χ3n) is 4.15. The lowest BCUT2D eigenvalue weighted by Gasteiger charge is -2.38. The molecule has 2 rings (SSSR count). The third kappa shape index (κ3) is 3.12. The van der Waals surface area contributed by atoms with Crippen LogP contribution in [0.5, 0.6) is 0 Å². The summed E-state index contributed by atoms with van der Waals surface area (Å²) < 4.78 is 26.8. The van der Waals surface area contributed by atoms with Gasteiger partial charge in [0.05, 0.1) is 16.6 Å². The number of thiazole rings is 1. The van der Waals surface area contributed by atoms with E-state index < -0.39 is 21.4 Å². The molecule has 1 aromatic heterocycles. The zero-order chi connectivity index (χ0) is 15.8. The molecule has 1 aliphatic heterocycles. The highest BCUT2D eigenvalue weighted by molar-refractivity contribution is 7.91. The maximum absolute atomic E-state index is 12.6. The van der Waals surface area contributed by atoms with Gasteiger partial charge in [0.25, 0.3) is 10.0 Å². The summed E-state index contributed by atoms with van der Waals surface area (Å²) in [7, 11) is -3.56. The summed E-state index contributed by atoms with van der Waals surface area (Å²) in [6, 6.07) is 0. The van der Waals surface area contributed by atoms with Gasteiger partial charge in [0.15, 0.2) is 4.21 Å². The van der Waals surface area contributed by atoms with E-state index in [1.54, 1.807) is 20.8 Å². The molecule has 6 nitrogen and oxygen atoms in total. The van der Waals surface area contributed by atoms with Gasteiger partial charge in [-0.25, -0.2) is 13.4 Å². The number of aromatic nitrogens is 1. The molecule has 0 saturated carbocycles. The number of sulfonamides is 1. The highest BCUT2D eigenvalue weighted by Crippen LogP contribution is 2.36. The summed E-state index contributed by atoms with van der Waals surface area (Å²) in [6.07, 6.45) is 2.78. The Morgan fingerprint density at radius 3 is 2.71 bits per heavy atom. The number of carbonyl (C=O) groups is 1. The molecule has 8 heteroatoms. The Hall–Kier alpha value is -0.990. The lowest BCUT2D eigenvalue weighted by molar-refractivity contribution is -0.151. The zero-order valence-corrected chi connectivity index (χ0v) is 14.0. The summed E-state index contributed by atoms with van der Waals surface area (Å²) >= 11 is 1.15. The lowest BCUT2D eigenvalue weighted by Crippen LogP contribution is -2.46. The molecule has 1 aromatic rings. The van der Waals surface area contributed by atoms with Crippen molar-refractivity contribution >= 4 is 27.3 Å².